The summed E-state index contributed by atoms with van der Waals surface area (Å²) in [5, 5.41) is 6.58. The highest BCUT2D eigenvalue weighted by Gasteiger charge is 2.30. The van der Waals surface area contributed by atoms with Crippen molar-refractivity contribution in [3.8, 4) is 11.3 Å². The van der Waals surface area contributed by atoms with Crippen LogP contribution in [0.2, 0.25) is 0 Å². The lowest BCUT2D eigenvalue weighted by Crippen LogP contribution is -2.41. The molecule has 1 aromatic heterocycles. The van der Waals surface area contributed by atoms with Crippen LogP contribution in [0.4, 0.5) is 5.69 Å². The van der Waals surface area contributed by atoms with Gasteiger partial charge in [0.15, 0.2) is 11.5 Å². The van der Waals surface area contributed by atoms with E-state index in [0.717, 1.165) is 30.4 Å². The van der Waals surface area contributed by atoms with Crippen LogP contribution in [-0.2, 0) is 10.0 Å². The number of rotatable bonds is 5. The SMILES string of the molecule is Cc1ccc(-c2cc(C(=O)Nc3ccc(S(=O)(=O)N4CCCC[C@@H]4C)cc3)no2)cc1. The minimum Gasteiger partial charge on any atom is -0.355 e. The molecule has 2 aromatic carbocycles. The topological polar surface area (TPSA) is 92.5 Å². The van der Waals surface area contributed by atoms with Crippen LogP contribution in [0.25, 0.3) is 11.3 Å². The molecule has 4 rings (SSSR count). The van der Waals surface area contributed by atoms with Gasteiger partial charge in [-0.25, -0.2) is 8.42 Å². The molecule has 0 saturated carbocycles. The van der Waals surface area contributed by atoms with Crippen LogP contribution in [0.5, 0.6) is 0 Å². The number of amides is 1. The van der Waals surface area contributed by atoms with Gasteiger partial charge in [-0.3, -0.25) is 4.79 Å². The summed E-state index contributed by atoms with van der Waals surface area (Å²) in [6.45, 7) is 4.47. The van der Waals surface area contributed by atoms with Gasteiger partial charge in [-0.2, -0.15) is 4.31 Å². The number of nitrogens with one attached hydrogen (secondary N) is 1. The Bertz CT molecular complexity index is 1170. The first-order chi connectivity index (χ1) is 14.8. The number of anilines is 1. The Hall–Kier alpha value is -2.97. The maximum atomic E-state index is 12.9. The quantitative estimate of drug-likeness (QED) is 0.633. The zero-order valence-corrected chi connectivity index (χ0v) is 18.4. The van der Waals surface area contributed by atoms with Crippen molar-refractivity contribution < 1.29 is 17.7 Å². The normalized spacial score (nSPS) is 17.4. The highest BCUT2D eigenvalue weighted by molar-refractivity contribution is 7.89. The fourth-order valence-corrected chi connectivity index (χ4v) is 5.41. The lowest BCUT2D eigenvalue weighted by Gasteiger charge is -2.32. The molecule has 1 fully saturated rings. The van der Waals surface area contributed by atoms with Gasteiger partial charge in [-0.15, -0.1) is 0 Å². The molecule has 1 aliphatic heterocycles. The average Bonchev–Trinajstić information content (AvgIpc) is 3.25. The van der Waals surface area contributed by atoms with E-state index in [1.807, 2.05) is 38.1 Å². The van der Waals surface area contributed by atoms with Gasteiger partial charge in [0.2, 0.25) is 10.0 Å². The van der Waals surface area contributed by atoms with Crippen molar-refractivity contribution in [1.29, 1.82) is 0 Å². The van der Waals surface area contributed by atoms with E-state index >= 15 is 0 Å². The van der Waals surface area contributed by atoms with Crippen LogP contribution >= 0.6 is 0 Å². The van der Waals surface area contributed by atoms with Gasteiger partial charge in [0.1, 0.15) is 0 Å². The summed E-state index contributed by atoms with van der Waals surface area (Å²) in [7, 11) is -3.55. The summed E-state index contributed by atoms with van der Waals surface area (Å²) in [6, 6.07) is 15.5. The standard InChI is InChI=1S/C23H25N3O4S/c1-16-6-8-18(9-7-16)22-15-21(25-30-22)23(27)24-19-10-12-20(13-11-19)31(28,29)26-14-4-3-5-17(26)2/h6-13,15,17H,3-5,14H2,1-2H3,(H,24,27)/t17-/m0/s1. The summed E-state index contributed by atoms with van der Waals surface area (Å²) in [6.07, 6.45) is 2.79. The van der Waals surface area contributed by atoms with Crippen molar-refractivity contribution in [1.82, 2.24) is 9.46 Å². The number of nitrogens with zero attached hydrogens (tertiary/aromatic N) is 2. The Balaban J connectivity index is 1.45. The van der Waals surface area contributed by atoms with E-state index in [-0.39, 0.29) is 16.6 Å². The van der Waals surface area contributed by atoms with Gasteiger partial charge in [0.25, 0.3) is 5.91 Å². The molecule has 0 unspecified atom stereocenters. The van der Waals surface area contributed by atoms with Crippen molar-refractivity contribution in [2.75, 3.05) is 11.9 Å². The van der Waals surface area contributed by atoms with Crippen molar-refractivity contribution in [3.63, 3.8) is 0 Å². The van der Waals surface area contributed by atoms with Gasteiger partial charge in [0.05, 0.1) is 4.90 Å². The van der Waals surface area contributed by atoms with Crippen LogP contribution < -0.4 is 5.32 Å². The Morgan fingerprint density at radius 2 is 1.81 bits per heavy atom. The molecule has 1 aliphatic rings. The van der Waals surface area contributed by atoms with E-state index in [0.29, 0.717) is 18.0 Å². The summed E-state index contributed by atoms with van der Waals surface area (Å²) >= 11 is 0. The van der Waals surface area contributed by atoms with Crippen molar-refractivity contribution >= 4 is 21.6 Å². The zero-order chi connectivity index (χ0) is 22.0. The third-order valence-electron chi connectivity index (χ3n) is 5.54. The minimum atomic E-state index is -3.55. The summed E-state index contributed by atoms with van der Waals surface area (Å²) < 4.78 is 32.7. The molecule has 1 N–H and O–H groups in total. The number of hydrogen-bond donors (Lipinski definition) is 1. The summed E-state index contributed by atoms with van der Waals surface area (Å²) in [5.74, 6) is 0.0737. The fraction of sp³-hybridized carbons (Fsp3) is 0.304. The van der Waals surface area contributed by atoms with E-state index < -0.39 is 15.9 Å². The van der Waals surface area contributed by atoms with Gasteiger partial charge in [0, 0.05) is 29.9 Å². The molecule has 7 nitrogen and oxygen atoms in total. The third-order valence-corrected chi connectivity index (χ3v) is 7.57. The number of piperidine rings is 1. The van der Waals surface area contributed by atoms with Gasteiger partial charge >= 0.3 is 0 Å². The lowest BCUT2D eigenvalue weighted by molar-refractivity contribution is 0.101. The third kappa shape index (κ3) is 4.55. The van der Waals surface area contributed by atoms with Crippen molar-refractivity contribution in [2.24, 2.45) is 0 Å². The Morgan fingerprint density at radius 1 is 1.10 bits per heavy atom. The molecular formula is C23H25N3O4S. The first-order valence-electron chi connectivity index (χ1n) is 10.3. The number of aromatic nitrogens is 1. The zero-order valence-electron chi connectivity index (χ0n) is 17.5. The number of carbonyl (C=O) groups is 1. The lowest BCUT2D eigenvalue weighted by atomic mass is 10.1. The molecule has 8 heteroatoms. The van der Waals surface area contributed by atoms with E-state index in [2.05, 4.69) is 10.5 Å². The van der Waals surface area contributed by atoms with Gasteiger partial charge < -0.3 is 9.84 Å². The first kappa shape index (κ1) is 21.3. The van der Waals surface area contributed by atoms with Crippen molar-refractivity contribution in [2.45, 2.75) is 44.0 Å². The summed E-state index contributed by atoms with van der Waals surface area (Å²) in [4.78, 5) is 12.7. The smallest absolute Gasteiger partial charge is 0.277 e. The van der Waals surface area contributed by atoms with Crippen LogP contribution in [0.3, 0.4) is 0 Å². The molecule has 1 atom stereocenters. The van der Waals surface area contributed by atoms with Crippen molar-refractivity contribution in [3.05, 3.63) is 65.9 Å². The fourth-order valence-electron chi connectivity index (χ4n) is 3.71. The largest absolute Gasteiger partial charge is 0.355 e. The number of carbonyl (C=O) groups excluding carboxylic acids is 1. The highest BCUT2D eigenvalue weighted by Crippen LogP contribution is 2.26. The number of hydrogen-bond acceptors (Lipinski definition) is 5. The van der Waals surface area contributed by atoms with Crippen LogP contribution in [0.15, 0.2) is 64.0 Å². The predicted molar refractivity (Wildman–Crippen MR) is 118 cm³/mol. The molecule has 162 valence electrons. The number of benzene rings is 2. The van der Waals surface area contributed by atoms with Crippen LogP contribution in [0, 0.1) is 6.92 Å². The van der Waals surface area contributed by atoms with Crippen LogP contribution in [-0.4, -0.2) is 36.4 Å². The van der Waals surface area contributed by atoms with Crippen LogP contribution in [0.1, 0.15) is 42.2 Å². The maximum Gasteiger partial charge on any atom is 0.277 e. The molecule has 0 bridgehead atoms. The minimum absolute atomic E-state index is 0.00646. The molecule has 1 amide bonds. The Morgan fingerprint density at radius 3 is 2.48 bits per heavy atom. The van der Waals surface area contributed by atoms with E-state index in [1.54, 1.807) is 22.5 Å². The Kier molecular flexibility index (Phi) is 5.93. The average molecular weight is 440 g/mol. The van der Waals surface area contributed by atoms with E-state index in [9.17, 15) is 13.2 Å². The van der Waals surface area contributed by atoms with Gasteiger partial charge in [-0.05, 0) is 51.0 Å². The second-order valence-electron chi connectivity index (χ2n) is 7.88. The predicted octanol–water partition coefficient (Wildman–Crippen LogP) is 4.47. The first-order valence-corrected chi connectivity index (χ1v) is 11.8. The highest BCUT2D eigenvalue weighted by atomic mass is 32.2. The van der Waals surface area contributed by atoms with E-state index in [1.165, 1.54) is 12.1 Å². The molecular weight excluding hydrogens is 414 g/mol. The molecule has 2 heterocycles. The number of aryl methyl sites for hydroxylation is 1. The molecule has 0 spiro atoms. The summed E-state index contributed by atoms with van der Waals surface area (Å²) in [5.41, 5.74) is 2.59. The second-order valence-corrected chi connectivity index (χ2v) is 9.77. The Labute approximate surface area is 182 Å². The molecule has 1 saturated heterocycles. The monoisotopic (exact) mass is 439 g/mol. The molecule has 3 aromatic rings. The molecule has 0 radical (unpaired) electrons. The molecule has 31 heavy (non-hydrogen) atoms. The maximum absolute atomic E-state index is 12.9. The second kappa shape index (κ2) is 8.64. The number of sulfonamides is 1. The molecule has 0 aliphatic carbocycles. The van der Waals surface area contributed by atoms with Gasteiger partial charge in [-0.1, -0.05) is 41.4 Å². The van der Waals surface area contributed by atoms with E-state index in [4.69, 9.17) is 4.52 Å².